The number of aliphatic hydroxyl groups excluding tert-OH is 2. The van der Waals surface area contributed by atoms with Gasteiger partial charge in [-0.15, -0.1) is 0 Å². The minimum absolute atomic E-state index is 0.0171. The molecule has 2 aromatic heterocycles. The van der Waals surface area contributed by atoms with Crippen LogP contribution in [-0.2, 0) is 4.74 Å². The third-order valence-electron chi connectivity index (χ3n) is 3.15. The number of ether oxygens (including phenoxy) is 1. The van der Waals surface area contributed by atoms with Gasteiger partial charge in [0.05, 0.1) is 19.0 Å². The van der Waals surface area contributed by atoms with E-state index in [1.165, 1.54) is 10.9 Å². The molecule has 3 rings (SSSR count). The van der Waals surface area contributed by atoms with Gasteiger partial charge >= 0.3 is 0 Å². The summed E-state index contributed by atoms with van der Waals surface area (Å²) in [5, 5.41) is 18.8. The highest BCUT2D eigenvalue weighted by molar-refractivity contribution is 5.70. The van der Waals surface area contributed by atoms with Crippen molar-refractivity contribution >= 4 is 17.1 Å². The summed E-state index contributed by atoms with van der Waals surface area (Å²) < 4.78 is 7.01. The fourth-order valence-electron chi connectivity index (χ4n) is 2.20. The van der Waals surface area contributed by atoms with Gasteiger partial charge in [-0.05, 0) is 0 Å². The molecule has 0 bridgehead atoms. The monoisotopic (exact) mass is 272 g/mol. The summed E-state index contributed by atoms with van der Waals surface area (Å²) in [6.45, 7) is -0.277. The lowest BCUT2D eigenvalue weighted by Crippen LogP contribution is -2.24. The fraction of sp³-hybridized carbons (Fsp3) is 0.500. The topological polar surface area (TPSA) is 139 Å². The zero-order valence-electron chi connectivity index (χ0n) is 9.85. The second kappa shape index (κ2) is 4.30. The minimum Gasteiger partial charge on any atom is -0.394 e. The van der Waals surface area contributed by atoms with Crippen molar-refractivity contribution in [2.75, 3.05) is 12.3 Å². The Morgan fingerprint density at radius 1 is 1.63 bits per heavy atom. The van der Waals surface area contributed by atoms with Crippen LogP contribution in [0.15, 0.2) is 11.1 Å². The van der Waals surface area contributed by atoms with Crippen molar-refractivity contribution in [1.82, 2.24) is 19.5 Å². The first kappa shape index (κ1) is 12.1. The first-order chi connectivity index (χ1) is 9.10. The number of hydrogen-bond donors (Lipinski definition) is 4. The highest BCUT2D eigenvalue weighted by Gasteiger charge is 2.35. The summed E-state index contributed by atoms with van der Waals surface area (Å²) in [6, 6.07) is 0. The second-order valence-corrected chi connectivity index (χ2v) is 4.39. The van der Waals surface area contributed by atoms with E-state index in [2.05, 4.69) is 15.0 Å². The van der Waals surface area contributed by atoms with Gasteiger partial charge in [-0.2, -0.15) is 4.98 Å². The smallest absolute Gasteiger partial charge is 0.280 e. The van der Waals surface area contributed by atoms with Crippen LogP contribution in [0.4, 0.5) is 5.95 Å². The molecule has 19 heavy (non-hydrogen) atoms. The molecule has 3 heterocycles. The van der Waals surface area contributed by atoms with Crippen LogP contribution < -0.4 is 11.3 Å². The van der Waals surface area contributed by atoms with Gasteiger partial charge in [0.1, 0.15) is 12.3 Å². The predicted molar refractivity (Wildman–Crippen MR) is 64.2 cm³/mol. The van der Waals surface area contributed by atoms with Gasteiger partial charge in [-0.25, -0.2) is 4.98 Å². The summed E-state index contributed by atoms with van der Waals surface area (Å²) in [4.78, 5) is 22.0. The molecule has 9 nitrogen and oxygen atoms in total. The molecule has 9 heteroatoms. The molecule has 1 aliphatic heterocycles. The van der Waals surface area contributed by atoms with Crippen LogP contribution in [0, 0.1) is 0 Å². The zero-order chi connectivity index (χ0) is 13.6. The standard InChI is InChI=1S/C10H13N5O4/c11-10-13-8-7(9(18)14-10)12-3-15(8)6-1-4(17)5(2-16)19-6/h3-6,16-17H,1-2H2,(H3,11,13,14,18)/t4-,5+,6+/m0/s1/i11+1,12+1,13+1,14+1,15+1. The maximum absolute atomic E-state index is 11.6. The Kier molecular flexibility index (Phi) is 2.73. The molecule has 0 spiro atoms. The lowest BCUT2D eigenvalue weighted by atomic mass is 10.2. The van der Waals surface area contributed by atoms with Crippen molar-refractivity contribution in [3.8, 4) is 0 Å². The molecule has 0 saturated carbocycles. The van der Waals surface area contributed by atoms with Crippen LogP contribution >= 0.6 is 0 Å². The molecule has 0 amide bonds. The Balaban J connectivity index is 2.05. The number of anilines is 1. The maximum Gasteiger partial charge on any atom is 0.280 e. The number of hydrogen-bond acceptors (Lipinski definition) is 7. The fourth-order valence-corrected chi connectivity index (χ4v) is 2.20. The Morgan fingerprint density at radius 3 is 3.11 bits per heavy atom. The molecule has 0 aromatic carbocycles. The minimum atomic E-state index is -0.771. The number of nitrogens with zero attached hydrogens (tertiary/aromatic N) is 3. The summed E-state index contributed by atoms with van der Waals surface area (Å²) in [5.74, 6) is -0.0171. The van der Waals surface area contributed by atoms with Crippen molar-refractivity contribution in [3.63, 3.8) is 0 Å². The van der Waals surface area contributed by atoms with Crippen LogP contribution in [0.25, 0.3) is 11.2 Å². The molecule has 3 atom stereocenters. The average molecular weight is 272 g/mol. The van der Waals surface area contributed by atoms with Gasteiger partial charge < -0.3 is 20.7 Å². The van der Waals surface area contributed by atoms with Crippen LogP contribution in [-0.4, -0.2) is 48.5 Å². The van der Waals surface area contributed by atoms with E-state index >= 15 is 0 Å². The van der Waals surface area contributed by atoms with E-state index in [4.69, 9.17) is 15.6 Å². The number of fused-ring (bicyclic) bond motifs is 1. The van der Waals surface area contributed by atoms with E-state index in [0.29, 0.717) is 0 Å². The number of aromatic nitrogens is 4. The molecule has 0 radical (unpaired) electrons. The van der Waals surface area contributed by atoms with E-state index < -0.39 is 24.0 Å². The molecular formula is C10H13N5O4. The molecule has 5 N–H and O–H groups in total. The zero-order valence-corrected chi connectivity index (χ0v) is 9.85. The molecule has 102 valence electrons. The molecule has 0 unspecified atom stereocenters. The summed E-state index contributed by atoms with van der Waals surface area (Å²) in [7, 11) is 0. The number of H-pyrrole nitrogens is 1. The van der Waals surface area contributed by atoms with Crippen LogP contribution in [0.2, 0.25) is 0 Å². The Hall–Kier alpha value is -1.97. The third kappa shape index (κ3) is 1.87. The summed E-state index contributed by atoms with van der Waals surface area (Å²) in [6.07, 6.45) is -0.270. The summed E-state index contributed by atoms with van der Waals surface area (Å²) >= 11 is 0. The van der Waals surface area contributed by atoms with E-state index in [1.807, 2.05) is 0 Å². The van der Waals surface area contributed by atoms with E-state index in [1.54, 1.807) is 0 Å². The van der Waals surface area contributed by atoms with Gasteiger partial charge in [-0.1, -0.05) is 0 Å². The van der Waals surface area contributed by atoms with Crippen molar-refractivity contribution in [2.24, 2.45) is 0 Å². The van der Waals surface area contributed by atoms with Crippen LogP contribution in [0.1, 0.15) is 12.6 Å². The number of aliphatic hydroxyl groups is 2. The van der Waals surface area contributed by atoms with Gasteiger partial charge in [0.15, 0.2) is 11.2 Å². The van der Waals surface area contributed by atoms with Crippen LogP contribution in [0.3, 0.4) is 0 Å². The van der Waals surface area contributed by atoms with Gasteiger partial charge in [0.25, 0.3) is 5.56 Å². The van der Waals surface area contributed by atoms with Gasteiger partial charge in [-0.3, -0.25) is 14.3 Å². The van der Waals surface area contributed by atoms with Crippen molar-refractivity contribution in [3.05, 3.63) is 16.7 Å². The number of imidazole rings is 1. The Labute approximate surface area is 106 Å². The van der Waals surface area contributed by atoms with Crippen LogP contribution in [0.5, 0.6) is 0 Å². The second-order valence-electron chi connectivity index (χ2n) is 4.39. The molecule has 1 fully saturated rings. The van der Waals surface area contributed by atoms with Crippen molar-refractivity contribution in [2.45, 2.75) is 24.9 Å². The van der Waals surface area contributed by atoms with Gasteiger partial charge in [0, 0.05) is 6.42 Å². The Morgan fingerprint density at radius 2 is 2.42 bits per heavy atom. The van der Waals surface area contributed by atoms with Gasteiger partial charge in [0.2, 0.25) is 5.95 Å². The molecular weight excluding hydrogens is 259 g/mol. The van der Waals surface area contributed by atoms with E-state index in [9.17, 15) is 9.90 Å². The molecule has 1 saturated heterocycles. The summed E-state index contributed by atoms with van der Waals surface area (Å²) in [5.41, 5.74) is 5.50. The van der Waals surface area contributed by atoms with E-state index in [-0.39, 0.29) is 30.1 Å². The lowest BCUT2D eigenvalue weighted by molar-refractivity contribution is -0.0432. The molecule has 1 aliphatic rings. The van der Waals surface area contributed by atoms with Crippen molar-refractivity contribution in [1.29, 1.82) is 0 Å². The molecule has 2 aromatic rings. The highest BCUT2D eigenvalue weighted by atomic mass is 16.6. The average Bonchev–Trinajstić information content (AvgIpc) is 2.92. The number of aromatic amines is 1. The number of nitrogens with one attached hydrogen (secondary N) is 1. The maximum atomic E-state index is 11.6. The SMILES string of the molecule is [15NH2]c1[15n]c2c([15n]c[15n]2[C@H]2C[C@H](O)[C@@H](CO)O2)c(=O)[15nH]1. The normalized spacial score (nSPS) is 27.2. The highest BCUT2D eigenvalue weighted by Crippen LogP contribution is 2.30. The lowest BCUT2D eigenvalue weighted by Gasteiger charge is -2.13. The first-order valence-electron chi connectivity index (χ1n) is 5.77. The Bertz CT molecular complexity index is 665. The number of nitrogens with two attached hydrogens (primary N) is 1. The van der Waals surface area contributed by atoms with E-state index in [0.717, 1.165) is 0 Å². The number of nitrogen functional groups attached to an aromatic ring is 1. The molecule has 0 aliphatic carbocycles. The third-order valence-corrected chi connectivity index (χ3v) is 3.15. The largest absolute Gasteiger partial charge is 0.394 e. The predicted octanol–water partition coefficient (Wildman–Crippen LogP) is -1.66. The van der Waals surface area contributed by atoms with Crippen molar-refractivity contribution < 1.29 is 14.9 Å². The number of rotatable bonds is 2. The quantitative estimate of drug-likeness (QED) is 0.480. The first-order valence-corrected chi connectivity index (χ1v) is 5.77.